The molecule has 1 heterocycles. The Morgan fingerprint density at radius 2 is 2.00 bits per heavy atom. The standard InChI is InChI=1S/C13H12N2O5/c1-14-13(18)15-11(16)7-19-9-4-2-8-3-5-12(17)20-10(8)6-9/h2-6H,7H2,1H3,(H2,14,15,16,18). The van der Waals surface area contributed by atoms with Crippen LogP contribution in [0.3, 0.4) is 0 Å². The van der Waals surface area contributed by atoms with Crippen molar-refractivity contribution >= 4 is 22.9 Å². The van der Waals surface area contributed by atoms with Gasteiger partial charge in [0.2, 0.25) is 0 Å². The van der Waals surface area contributed by atoms with E-state index in [1.807, 2.05) is 0 Å². The average Bonchev–Trinajstić information content (AvgIpc) is 2.44. The number of benzene rings is 1. The van der Waals surface area contributed by atoms with Crippen LogP contribution in [0.2, 0.25) is 0 Å². The van der Waals surface area contributed by atoms with Gasteiger partial charge in [0.15, 0.2) is 6.61 Å². The number of imide groups is 1. The van der Waals surface area contributed by atoms with E-state index in [2.05, 4.69) is 10.6 Å². The average molecular weight is 276 g/mol. The zero-order valence-corrected chi connectivity index (χ0v) is 10.6. The molecule has 0 bridgehead atoms. The van der Waals surface area contributed by atoms with E-state index in [4.69, 9.17) is 9.15 Å². The Bertz CT molecular complexity index is 707. The lowest BCUT2D eigenvalue weighted by molar-refractivity contribution is -0.122. The molecule has 20 heavy (non-hydrogen) atoms. The van der Waals surface area contributed by atoms with E-state index in [1.54, 1.807) is 18.2 Å². The maximum Gasteiger partial charge on any atom is 0.336 e. The third kappa shape index (κ3) is 3.35. The van der Waals surface area contributed by atoms with Crippen molar-refractivity contribution in [1.82, 2.24) is 10.6 Å². The summed E-state index contributed by atoms with van der Waals surface area (Å²) in [5.74, 6) is -0.224. The van der Waals surface area contributed by atoms with E-state index in [0.717, 1.165) is 5.39 Å². The molecular formula is C13H12N2O5. The number of nitrogens with one attached hydrogen (secondary N) is 2. The number of carbonyl (C=O) groups excluding carboxylic acids is 2. The lowest BCUT2D eigenvalue weighted by Crippen LogP contribution is -2.39. The SMILES string of the molecule is CNC(=O)NC(=O)COc1ccc2ccc(=O)oc2c1. The first kappa shape index (κ1) is 13.6. The molecule has 3 amide bonds. The predicted molar refractivity (Wildman–Crippen MR) is 70.6 cm³/mol. The van der Waals surface area contributed by atoms with Crippen molar-refractivity contribution in [1.29, 1.82) is 0 Å². The van der Waals surface area contributed by atoms with Crippen LogP contribution >= 0.6 is 0 Å². The summed E-state index contributed by atoms with van der Waals surface area (Å²) in [6.07, 6.45) is 0. The Labute approximate surface area is 113 Å². The molecule has 0 atom stereocenters. The number of amides is 3. The van der Waals surface area contributed by atoms with Crippen LogP contribution in [0.15, 0.2) is 39.5 Å². The van der Waals surface area contributed by atoms with Gasteiger partial charge >= 0.3 is 11.7 Å². The summed E-state index contributed by atoms with van der Waals surface area (Å²) >= 11 is 0. The molecule has 0 radical (unpaired) electrons. The Hall–Kier alpha value is -2.83. The summed E-state index contributed by atoms with van der Waals surface area (Å²) in [5.41, 5.74) is -0.103. The Morgan fingerprint density at radius 3 is 2.75 bits per heavy atom. The Balaban J connectivity index is 2.05. The van der Waals surface area contributed by atoms with Gasteiger partial charge in [0.05, 0.1) is 0 Å². The molecule has 0 fully saturated rings. The summed E-state index contributed by atoms with van der Waals surface area (Å²) < 4.78 is 10.2. The second-order valence-corrected chi connectivity index (χ2v) is 3.87. The number of urea groups is 1. The third-order valence-electron chi connectivity index (χ3n) is 2.44. The van der Waals surface area contributed by atoms with Crippen LogP contribution in [-0.4, -0.2) is 25.6 Å². The molecular weight excluding hydrogens is 264 g/mol. The van der Waals surface area contributed by atoms with E-state index < -0.39 is 17.6 Å². The first-order valence-electron chi connectivity index (χ1n) is 5.77. The van der Waals surface area contributed by atoms with Crippen LogP contribution < -0.4 is 21.0 Å². The first-order valence-corrected chi connectivity index (χ1v) is 5.77. The molecule has 104 valence electrons. The molecule has 0 aliphatic carbocycles. The molecule has 0 aliphatic heterocycles. The molecule has 0 saturated heterocycles. The fourth-order valence-electron chi connectivity index (χ4n) is 1.50. The van der Waals surface area contributed by atoms with E-state index in [0.29, 0.717) is 11.3 Å². The van der Waals surface area contributed by atoms with Crippen molar-refractivity contribution in [3.05, 3.63) is 40.8 Å². The normalized spacial score (nSPS) is 10.1. The zero-order chi connectivity index (χ0) is 14.5. The highest BCUT2D eigenvalue weighted by molar-refractivity contribution is 5.94. The minimum Gasteiger partial charge on any atom is -0.484 e. The molecule has 7 nitrogen and oxygen atoms in total. The molecule has 2 aromatic rings. The molecule has 1 aromatic heterocycles. The van der Waals surface area contributed by atoms with Crippen LogP contribution in [0, 0.1) is 0 Å². The second kappa shape index (κ2) is 5.87. The van der Waals surface area contributed by atoms with Gasteiger partial charge in [0, 0.05) is 24.6 Å². The smallest absolute Gasteiger partial charge is 0.336 e. The molecule has 2 N–H and O–H groups in total. The van der Waals surface area contributed by atoms with Crippen molar-refractivity contribution < 1.29 is 18.7 Å². The van der Waals surface area contributed by atoms with E-state index in [1.165, 1.54) is 19.2 Å². The summed E-state index contributed by atoms with van der Waals surface area (Å²) in [5, 5.41) is 5.05. The molecule has 0 aliphatic rings. The summed E-state index contributed by atoms with van der Waals surface area (Å²) in [7, 11) is 1.40. The molecule has 2 rings (SSSR count). The van der Waals surface area contributed by atoms with Gasteiger partial charge in [0.1, 0.15) is 11.3 Å². The van der Waals surface area contributed by atoms with Gasteiger partial charge in [-0.2, -0.15) is 0 Å². The van der Waals surface area contributed by atoms with Gasteiger partial charge < -0.3 is 14.5 Å². The van der Waals surface area contributed by atoms with E-state index >= 15 is 0 Å². The third-order valence-corrected chi connectivity index (χ3v) is 2.44. The molecule has 1 aromatic carbocycles. The lowest BCUT2D eigenvalue weighted by atomic mass is 10.2. The van der Waals surface area contributed by atoms with Crippen LogP contribution in [0.25, 0.3) is 11.0 Å². The fourth-order valence-corrected chi connectivity index (χ4v) is 1.50. The number of hydrogen-bond donors (Lipinski definition) is 2. The highest BCUT2D eigenvalue weighted by atomic mass is 16.5. The van der Waals surface area contributed by atoms with E-state index in [9.17, 15) is 14.4 Å². The highest BCUT2D eigenvalue weighted by Gasteiger charge is 2.07. The zero-order valence-electron chi connectivity index (χ0n) is 10.6. The van der Waals surface area contributed by atoms with Gasteiger partial charge in [-0.1, -0.05) is 0 Å². The van der Waals surface area contributed by atoms with E-state index in [-0.39, 0.29) is 6.61 Å². The number of fused-ring (bicyclic) bond motifs is 1. The van der Waals surface area contributed by atoms with Crippen LogP contribution in [0.5, 0.6) is 5.75 Å². The van der Waals surface area contributed by atoms with Crippen molar-refractivity contribution in [2.45, 2.75) is 0 Å². The van der Waals surface area contributed by atoms with Gasteiger partial charge in [-0.05, 0) is 18.2 Å². The van der Waals surface area contributed by atoms with Crippen molar-refractivity contribution in [3.8, 4) is 5.75 Å². The minimum atomic E-state index is -0.608. The number of carbonyl (C=O) groups is 2. The van der Waals surface area contributed by atoms with Gasteiger partial charge in [0.25, 0.3) is 5.91 Å². The number of rotatable bonds is 3. The van der Waals surface area contributed by atoms with Crippen LogP contribution in [0.4, 0.5) is 4.79 Å². The Kier molecular flexibility index (Phi) is 3.99. The highest BCUT2D eigenvalue weighted by Crippen LogP contribution is 2.19. The quantitative estimate of drug-likeness (QED) is 0.801. The van der Waals surface area contributed by atoms with Gasteiger partial charge in [-0.15, -0.1) is 0 Å². The van der Waals surface area contributed by atoms with Gasteiger partial charge in [-0.3, -0.25) is 10.1 Å². The molecule has 7 heteroatoms. The molecule has 0 spiro atoms. The van der Waals surface area contributed by atoms with Crippen molar-refractivity contribution in [2.75, 3.05) is 13.7 Å². The molecule has 0 saturated carbocycles. The number of hydrogen-bond acceptors (Lipinski definition) is 5. The first-order chi connectivity index (χ1) is 9.58. The molecule has 0 unspecified atom stereocenters. The van der Waals surface area contributed by atoms with Crippen molar-refractivity contribution in [3.63, 3.8) is 0 Å². The lowest BCUT2D eigenvalue weighted by Gasteiger charge is -2.06. The minimum absolute atomic E-state index is 0.323. The number of ether oxygens (including phenoxy) is 1. The van der Waals surface area contributed by atoms with Crippen LogP contribution in [-0.2, 0) is 4.79 Å². The summed E-state index contributed by atoms with van der Waals surface area (Å²) in [6.45, 7) is -0.323. The summed E-state index contributed by atoms with van der Waals surface area (Å²) in [6, 6.07) is 7.18. The van der Waals surface area contributed by atoms with Crippen LogP contribution in [0.1, 0.15) is 0 Å². The fraction of sp³-hybridized carbons (Fsp3) is 0.154. The van der Waals surface area contributed by atoms with Gasteiger partial charge in [-0.25, -0.2) is 9.59 Å². The van der Waals surface area contributed by atoms with Crippen molar-refractivity contribution in [2.24, 2.45) is 0 Å². The monoisotopic (exact) mass is 276 g/mol. The largest absolute Gasteiger partial charge is 0.484 e. The second-order valence-electron chi connectivity index (χ2n) is 3.87. The maximum absolute atomic E-state index is 11.3. The maximum atomic E-state index is 11.3. The Morgan fingerprint density at radius 1 is 1.25 bits per heavy atom. The topological polar surface area (TPSA) is 97.6 Å². The predicted octanol–water partition coefficient (Wildman–Crippen LogP) is 0.627. The summed E-state index contributed by atoms with van der Waals surface area (Å²) in [4.78, 5) is 33.3.